The van der Waals surface area contributed by atoms with Gasteiger partial charge in [-0.1, -0.05) is 23.2 Å². The molecule has 0 saturated heterocycles. The van der Waals surface area contributed by atoms with Crippen molar-refractivity contribution in [2.45, 2.75) is 0 Å². The highest BCUT2D eigenvalue weighted by Gasteiger charge is 2.06. The van der Waals surface area contributed by atoms with Crippen molar-refractivity contribution >= 4 is 40.5 Å². The van der Waals surface area contributed by atoms with E-state index in [2.05, 4.69) is 5.32 Å². The highest BCUT2D eigenvalue weighted by Crippen LogP contribution is 2.23. The second-order valence-electron chi connectivity index (χ2n) is 3.70. The van der Waals surface area contributed by atoms with Crippen molar-refractivity contribution in [2.75, 3.05) is 11.1 Å². The molecule has 0 spiro atoms. The van der Waals surface area contributed by atoms with Gasteiger partial charge in [0.2, 0.25) is 0 Å². The average molecular weight is 281 g/mol. The van der Waals surface area contributed by atoms with Crippen molar-refractivity contribution in [3.05, 3.63) is 58.1 Å². The predicted octanol–water partition coefficient (Wildman–Crippen LogP) is 3.83. The average Bonchev–Trinajstić information content (AvgIpc) is 2.34. The van der Waals surface area contributed by atoms with Gasteiger partial charge in [-0.2, -0.15) is 0 Å². The zero-order valence-corrected chi connectivity index (χ0v) is 10.8. The zero-order valence-electron chi connectivity index (χ0n) is 9.28. The molecule has 0 atom stereocenters. The van der Waals surface area contributed by atoms with Crippen molar-refractivity contribution in [3.8, 4) is 0 Å². The summed E-state index contributed by atoms with van der Waals surface area (Å²) >= 11 is 11.6. The number of rotatable bonds is 2. The van der Waals surface area contributed by atoms with Crippen LogP contribution in [0.15, 0.2) is 42.5 Å². The number of hydrogen-bond acceptors (Lipinski definition) is 2. The topological polar surface area (TPSA) is 55.1 Å². The lowest BCUT2D eigenvalue weighted by Gasteiger charge is -2.06. The number of carbonyl (C=O) groups excluding carboxylic acids is 1. The molecule has 18 heavy (non-hydrogen) atoms. The Bertz CT molecular complexity index is 582. The molecule has 3 nitrogen and oxygen atoms in total. The Morgan fingerprint density at radius 3 is 2.33 bits per heavy atom. The van der Waals surface area contributed by atoms with E-state index in [0.717, 1.165) is 0 Å². The summed E-state index contributed by atoms with van der Waals surface area (Å²) in [6.07, 6.45) is 0. The van der Waals surface area contributed by atoms with Gasteiger partial charge in [-0.3, -0.25) is 4.79 Å². The van der Waals surface area contributed by atoms with Crippen LogP contribution in [-0.2, 0) is 0 Å². The number of carbonyl (C=O) groups is 1. The van der Waals surface area contributed by atoms with E-state index in [1.54, 1.807) is 42.5 Å². The molecule has 0 radical (unpaired) electrons. The first-order valence-electron chi connectivity index (χ1n) is 5.18. The summed E-state index contributed by atoms with van der Waals surface area (Å²) in [5, 5.41) is 3.72. The molecule has 0 aliphatic heterocycles. The molecule has 2 aromatic carbocycles. The molecule has 0 aliphatic carbocycles. The summed E-state index contributed by atoms with van der Waals surface area (Å²) in [7, 11) is 0. The van der Waals surface area contributed by atoms with Crippen molar-refractivity contribution < 1.29 is 4.79 Å². The fourth-order valence-electron chi connectivity index (χ4n) is 1.41. The molecule has 5 heteroatoms. The highest BCUT2D eigenvalue weighted by atomic mass is 35.5. The maximum absolute atomic E-state index is 11.9. The van der Waals surface area contributed by atoms with Gasteiger partial charge in [-0.25, -0.2) is 0 Å². The Morgan fingerprint density at radius 2 is 1.72 bits per heavy atom. The van der Waals surface area contributed by atoms with Gasteiger partial charge in [0.1, 0.15) is 0 Å². The Hall–Kier alpha value is -1.71. The largest absolute Gasteiger partial charge is 0.398 e. The number of nitrogen functional groups attached to an aromatic ring is 1. The number of nitrogens with one attached hydrogen (secondary N) is 1. The quantitative estimate of drug-likeness (QED) is 0.822. The first kappa shape index (κ1) is 12.7. The van der Waals surface area contributed by atoms with Crippen molar-refractivity contribution in [1.82, 2.24) is 0 Å². The molecule has 2 aromatic rings. The third-order valence-corrected chi connectivity index (χ3v) is 2.94. The van der Waals surface area contributed by atoms with Crippen LogP contribution in [0.1, 0.15) is 10.4 Å². The second kappa shape index (κ2) is 5.29. The number of benzene rings is 2. The standard InChI is InChI=1S/C13H10Cl2N2O/c14-9-3-1-8(2-4-9)13(18)17-10-5-6-12(16)11(15)7-10/h1-7H,16H2,(H,17,18). The number of amides is 1. The molecule has 0 heterocycles. The SMILES string of the molecule is Nc1ccc(NC(=O)c2ccc(Cl)cc2)cc1Cl. The fraction of sp³-hybridized carbons (Fsp3) is 0. The molecule has 0 fully saturated rings. The molecular weight excluding hydrogens is 271 g/mol. The fourth-order valence-corrected chi connectivity index (χ4v) is 1.72. The lowest BCUT2D eigenvalue weighted by atomic mass is 10.2. The van der Waals surface area contributed by atoms with Crippen LogP contribution in [0.2, 0.25) is 10.0 Å². The Kier molecular flexibility index (Phi) is 3.75. The highest BCUT2D eigenvalue weighted by molar-refractivity contribution is 6.33. The molecule has 92 valence electrons. The molecule has 2 rings (SSSR count). The van der Waals surface area contributed by atoms with Gasteiger partial charge in [0.05, 0.1) is 10.7 Å². The van der Waals surface area contributed by atoms with E-state index in [-0.39, 0.29) is 5.91 Å². The number of anilines is 2. The van der Waals surface area contributed by atoms with Gasteiger partial charge in [-0.15, -0.1) is 0 Å². The predicted molar refractivity (Wildman–Crippen MR) is 75.3 cm³/mol. The molecule has 0 aromatic heterocycles. The third-order valence-electron chi connectivity index (χ3n) is 2.36. The lowest BCUT2D eigenvalue weighted by molar-refractivity contribution is 0.102. The summed E-state index contributed by atoms with van der Waals surface area (Å²) in [5.74, 6) is -0.229. The zero-order chi connectivity index (χ0) is 13.1. The van der Waals surface area contributed by atoms with Crippen LogP contribution < -0.4 is 11.1 Å². The van der Waals surface area contributed by atoms with Crippen LogP contribution >= 0.6 is 23.2 Å². The summed E-state index contributed by atoms with van der Waals surface area (Å²) in [4.78, 5) is 11.9. The molecular formula is C13H10Cl2N2O. The van der Waals surface area contributed by atoms with E-state index in [1.807, 2.05) is 0 Å². The Morgan fingerprint density at radius 1 is 1.06 bits per heavy atom. The minimum atomic E-state index is -0.229. The van der Waals surface area contributed by atoms with E-state index in [4.69, 9.17) is 28.9 Å². The first-order valence-corrected chi connectivity index (χ1v) is 5.94. The lowest BCUT2D eigenvalue weighted by Crippen LogP contribution is -2.11. The minimum Gasteiger partial charge on any atom is -0.398 e. The van der Waals surface area contributed by atoms with E-state index < -0.39 is 0 Å². The number of nitrogens with two attached hydrogens (primary N) is 1. The second-order valence-corrected chi connectivity index (χ2v) is 4.54. The normalized spacial score (nSPS) is 10.1. The van der Waals surface area contributed by atoms with E-state index in [1.165, 1.54) is 0 Å². The van der Waals surface area contributed by atoms with Crippen LogP contribution in [0.4, 0.5) is 11.4 Å². The summed E-state index contributed by atoms with van der Waals surface area (Å²) in [6.45, 7) is 0. The van der Waals surface area contributed by atoms with E-state index in [0.29, 0.717) is 27.0 Å². The van der Waals surface area contributed by atoms with Crippen molar-refractivity contribution in [3.63, 3.8) is 0 Å². The van der Waals surface area contributed by atoms with Gasteiger partial charge in [0.25, 0.3) is 5.91 Å². The van der Waals surface area contributed by atoms with E-state index >= 15 is 0 Å². The van der Waals surface area contributed by atoms with Gasteiger partial charge in [0, 0.05) is 16.3 Å². The van der Waals surface area contributed by atoms with Crippen molar-refractivity contribution in [2.24, 2.45) is 0 Å². The Balaban J connectivity index is 2.16. The smallest absolute Gasteiger partial charge is 0.255 e. The summed E-state index contributed by atoms with van der Waals surface area (Å²) in [5.41, 5.74) is 7.17. The minimum absolute atomic E-state index is 0.229. The summed E-state index contributed by atoms with van der Waals surface area (Å²) < 4.78 is 0. The number of hydrogen-bond donors (Lipinski definition) is 2. The molecule has 0 bridgehead atoms. The van der Waals surface area contributed by atoms with Crippen LogP contribution in [0.25, 0.3) is 0 Å². The van der Waals surface area contributed by atoms with Crippen LogP contribution in [0, 0.1) is 0 Å². The monoisotopic (exact) mass is 280 g/mol. The van der Waals surface area contributed by atoms with Gasteiger partial charge in [0.15, 0.2) is 0 Å². The molecule has 0 saturated carbocycles. The first-order chi connectivity index (χ1) is 8.56. The van der Waals surface area contributed by atoms with Crippen LogP contribution in [0.5, 0.6) is 0 Å². The molecule has 0 aliphatic rings. The third kappa shape index (κ3) is 2.94. The van der Waals surface area contributed by atoms with E-state index in [9.17, 15) is 4.79 Å². The number of halogens is 2. The molecule has 3 N–H and O–H groups in total. The van der Waals surface area contributed by atoms with Gasteiger partial charge >= 0.3 is 0 Å². The van der Waals surface area contributed by atoms with Crippen LogP contribution in [-0.4, -0.2) is 5.91 Å². The Labute approximate surface area is 115 Å². The maximum atomic E-state index is 11.9. The van der Waals surface area contributed by atoms with Gasteiger partial charge in [-0.05, 0) is 42.5 Å². The van der Waals surface area contributed by atoms with Gasteiger partial charge < -0.3 is 11.1 Å². The van der Waals surface area contributed by atoms with Crippen molar-refractivity contribution in [1.29, 1.82) is 0 Å². The molecule has 0 unspecified atom stereocenters. The summed E-state index contributed by atoms with van der Waals surface area (Å²) in [6, 6.07) is 11.5. The maximum Gasteiger partial charge on any atom is 0.255 e. The molecule has 1 amide bonds. The van der Waals surface area contributed by atoms with Crippen LogP contribution in [0.3, 0.4) is 0 Å².